The smallest absolute Gasteiger partial charge is 0.423 e. The molecular formula is C14H23BFNO3. The Bertz CT molecular complexity index is 364. The fourth-order valence-electron chi connectivity index (χ4n) is 1.88. The number of hydrogen-bond acceptors (Lipinski definition) is 4. The van der Waals surface area contributed by atoms with Crippen molar-refractivity contribution in [2.45, 2.75) is 19.8 Å². The summed E-state index contributed by atoms with van der Waals surface area (Å²) in [5.41, 5.74) is 0.536. The molecule has 0 aromatic heterocycles. The van der Waals surface area contributed by atoms with Gasteiger partial charge in [-0.05, 0) is 30.6 Å². The molecule has 112 valence electrons. The molecule has 0 aliphatic rings. The molecule has 0 heterocycles. The highest BCUT2D eigenvalue weighted by Crippen LogP contribution is 1.97. The summed E-state index contributed by atoms with van der Waals surface area (Å²) in [5.74, 6) is -0.338. The molecule has 0 unspecified atom stereocenters. The lowest BCUT2D eigenvalue weighted by molar-refractivity contribution is 0.159. The summed E-state index contributed by atoms with van der Waals surface area (Å²) in [7, 11) is -1.04. The largest absolute Gasteiger partial charge is 0.491 e. The average molecular weight is 283 g/mol. The fourth-order valence-corrected chi connectivity index (χ4v) is 1.88. The Morgan fingerprint density at radius 1 is 1.20 bits per heavy atom. The molecule has 0 aliphatic carbocycles. The van der Waals surface area contributed by atoms with E-state index in [2.05, 4.69) is 11.8 Å². The Morgan fingerprint density at radius 2 is 1.90 bits per heavy atom. The topological polar surface area (TPSA) is 52.9 Å². The monoisotopic (exact) mass is 283 g/mol. The predicted octanol–water partition coefficient (Wildman–Crippen LogP) is 0.624. The first kappa shape index (κ1) is 17.1. The van der Waals surface area contributed by atoms with Gasteiger partial charge in [0.1, 0.15) is 5.82 Å². The van der Waals surface area contributed by atoms with Crippen molar-refractivity contribution in [3.8, 4) is 0 Å². The van der Waals surface area contributed by atoms with Gasteiger partial charge in [-0.2, -0.15) is 0 Å². The van der Waals surface area contributed by atoms with E-state index >= 15 is 0 Å². The number of rotatable bonds is 10. The van der Waals surface area contributed by atoms with Gasteiger partial charge in [0, 0.05) is 19.7 Å². The molecule has 0 bridgehead atoms. The molecule has 0 radical (unpaired) electrons. The third-order valence-corrected chi connectivity index (χ3v) is 3.08. The summed E-state index contributed by atoms with van der Waals surface area (Å²) in [6.45, 7) is 4.76. The third kappa shape index (κ3) is 6.48. The number of nitrogens with zero attached hydrogens (tertiary/aromatic N) is 1. The SMILES string of the molecule is CCCCN(CCO)CCOB(O)c1ccc(F)cc1. The second-order valence-electron chi connectivity index (χ2n) is 4.69. The lowest BCUT2D eigenvalue weighted by Gasteiger charge is -2.21. The van der Waals surface area contributed by atoms with Gasteiger partial charge in [0.05, 0.1) is 6.61 Å². The van der Waals surface area contributed by atoms with Crippen LogP contribution in [0.2, 0.25) is 0 Å². The van der Waals surface area contributed by atoms with Crippen LogP contribution in [0.5, 0.6) is 0 Å². The summed E-state index contributed by atoms with van der Waals surface area (Å²) < 4.78 is 18.1. The van der Waals surface area contributed by atoms with Crippen molar-refractivity contribution in [1.29, 1.82) is 0 Å². The zero-order chi connectivity index (χ0) is 14.8. The number of halogens is 1. The second kappa shape index (κ2) is 9.88. The van der Waals surface area contributed by atoms with Crippen LogP contribution < -0.4 is 5.46 Å². The van der Waals surface area contributed by atoms with Gasteiger partial charge in [-0.25, -0.2) is 4.39 Å². The van der Waals surface area contributed by atoms with Crippen molar-refractivity contribution >= 4 is 12.6 Å². The molecule has 1 aromatic rings. The van der Waals surface area contributed by atoms with Crippen molar-refractivity contribution in [2.24, 2.45) is 0 Å². The average Bonchev–Trinajstić information content (AvgIpc) is 2.45. The van der Waals surface area contributed by atoms with E-state index in [9.17, 15) is 9.41 Å². The molecule has 0 atom stereocenters. The van der Waals surface area contributed by atoms with Crippen LogP contribution in [0.4, 0.5) is 4.39 Å². The van der Waals surface area contributed by atoms with Gasteiger partial charge in [-0.15, -0.1) is 0 Å². The summed E-state index contributed by atoms with van der Waals surface area (Å²) in [5, 5.41) is 18.8. The standard InChI is InChI=1S/C14H23BFNO3/c1-2-3-8-17(9-11-18)10-12-20-15(19)13-4-6-14(16)7-5-13/h4-7,18-19H,2-3,8-12H2,1H3. The molecule has 4 nitrogen and oxygen atoms in total. The van der Waals surface area contributed by atoms with Gasteiger partial charge in [-0.3, -0.25) is 4.90 Å². The van der Waals surface area contributed by atoms with Crippen molar-refractivity contribution < 1.29 is 19.2 Å². The first-order valence-corrected chi connectivity index (χ1v) is 7.05. The Labute approximate surface area is 120 Å². The molecule has 2 N–H and O–H groups in total. The highest BCUT2D eigenvalue weighted by molar-refractivity contribution is 6.59. The first-order valence-electron chi connectivity index (χ1n) is 7.05. The van der Waals surface area contributed by atoms with E-state index in [0.717, 1.165) is 19.4 Å². The van der Waals surface area contributed by atoms with Gasteiger partial charge in [0.25, 0.3) is 0 Å². The maximum Gasteiger partial charge on any atom is 0.491 e. The second-order valence-corrected chi connectivity index (χ2v) is 4.69. The highest BCUT2D eigenvalue weighted by atomic mass is 19.1. The molecule has 1 aromatic carbocycles. The fraction of sp³-hybridized carbons (Fsp3) is 0.571. The van der Waals surface area contributed by atoms with Crippen molar-refractivity contribution in [1.82, 2.24) is 4.90 Å². The minimum atomic E-state index is -1.04. The summed E-state index contributed by atoms with van der Waals surface area (Å²) >= 11 is 0. The maximum atomic E-state index is 12.8. The molecule has 0 aliphatic heterocycles. The Balaban J connectivity index is 2.31. The van der Waals surface area contributed by atoms with E-state index < -0.39 is 7.12 Å². The molecule has 20 heavy (non-hydrogen) atoms. The van der Waals surface area contributed by atoms with Crippen LogP contribution in [0.3, 0.4) is 0 Å². The maximum absolute atomic E-state index is 12.8. The minimum Gasteiger partial charge on any atom is -0.423 e. The quantitative estimate of drug-likeness (QED) is 0.618. The van der Waals surface area contributed by atoms with Gasteiger partial charge in [-0.1, -0.05) is 25.5 Å². The van der Waals surface area contributed by atoms with Crippen LogP contribution in [0.15, 0.2) is 24.3 Å². The molecule has 0 spiro atoms. The van der Waals surface area contributed by atoms with E-state index in [-0.39, 0.29) is 12.4 Å². The van der Waals surface area contributed by atoms with E-state index in [1.165, 1.54) is 24.3 Å². The summed E-state index contributed by atoms with van der Waals surface area (Å²) in [6, 6.07) is 5.59. The number of hydrogen-bond donors (Lipinski definition) is 2. The third-order valence-electron chi connectivity index (χ3n) is 3.08. The zero-order valence-electron chi connectivity index (χ0n) is 12.0. The Morgan fingerprint density at radius 3 is 2.50 bits per heavy atom. The lowest BCUT2D eigenvalue weighted by atomic mass is 9.80. The first-order chi connectivity index (χ1) is 9.67. The van der Waals surface area contributed by atoms with Crippen molar-refractivity contribution in [3.63, 3.8) is 0 Å². The zero-order valence-corrected chi connectivity index (χ0v) is 12.0. The highest BCUT2D eigenvalue weighted by Gasteiger charge is 2.16. The molecule has 6 heteroatoms. The normalized spacial score (nSPS) is 11.1. The molecule has 0 saturated carbocycles. The van der Waals surface area contributed by atoms with Crippen molar-refractivity contribution in [2.75, 3.05) is 32.8 Å². The lowest BCUT2D eigenvalue weighted by Crippen LogP contribution is -2.38. The summed E-state index contributed by atoms with van der Waals surface area (Å²) in [4.78, 5) is 2.10. The van der Waals surface area contributed by atoms with Crippen LogP contribution in [0, 0.1) is 5.82 Å². The number of aliphatic hydroxyl groups is 1. The number of aliphatic hydroxyl groups excluding tert-OH is 1. The summed E-state index contributed by atoms with van der Waals surface area (Å²) in [6.07, 6.45) is 2.17. The van der Waals surface area contributed by atoms with Crippen LogP contribution >= 0.6 is 0 Å². The molecule has 0 saturated heterocycles. The number of unbranched alkanes of at least 4 members (excludes halogenated alkanes) is 1. The number of benzene rings is 1. The van der Waals surface area contributed by atoms with Crippen molar-refractivity contribution in [3.05, 3.63) is 30.1 Å². The predicted molar refractivity (Wildman–Crippen MR) is 78.4 cm³/mol. The Hall–Kier alpha value is -0.945. The van der Waals surface area contributed by atoms with E-state index in [1.807, 2.05) is 0 Å². The molecule has 0 fully saturated rings. The van der Waals surface area contributed by atoms with E-state index in [1.54, 1.807) is 0 Å². The van der Waals surface area contributed by atoms with Gasteiger partial charge >= 0.3 is 7.12 Å². The van der Waals surface area contributed by atoms with Gasteiger partial charge < -0.3 is 14.8 Å². The van der Waals surface area contributed by atoms with Crippen LogP contribution in [-0.4, -0.2) is 55.0 Å². The molecule has 1 rings (SSSR count). The van der Waals surface area contributed by atoms with Gasteiger partial charge in [0.15, 0.2) is 0 Å². The van der Waals surface area contributed by atoms with Gasteiger partial charge in [0.2, 0.25) is 0 Å². The van der Waals surface area contributed by atoms with E-state index in [0.29, 0.717) is 25.2 Å². The van der Waals surface area contributed by atoms with Crippen LogP contribution in [0.1, 0.15) is 19.8 Å². The molecular weight excluding hydrogens is 260 g/mol. The molecule has 0 amide bonds. The van der Waals surface area contributed by atoms with Crippen LogP contribution in [-0.2, 0) is 4.65 Å². The van der Waals surface area contributed by atoms with Crippen LogP contribution in [0.25, 0.3) is 0 Å². The van der Waals surface area contributed by atoms with E-state index in [4.69, 9.17) is 9.76 Å². The minimum absolute atomic E-state index is 0.115. The Kier molecular flexibility index (Phi) is 8.45.